The van der Waals surface area contributed by atoms with E-state index >= 15 is 0 Å². The molecule has 0 saturated heterocycles. The average molecular weight is 259 g/mol. The first-order valence-electron chi connectivity index (χ1n) is 5.65. The molecule has 5 nitrogen and oxygen atoms in total. The maximum atomic E-state index is 5.70. The van der Waals surface area contributed by atoms with Gasteiger partial charge in [0.15, 0.2) is 0 Å². The Labute approximate surface area is 108 Å². The van der Waals surface area contributed by atoms with Crippen LogP contribution in [0.4, 0.5) is 5.82 Å². The maximum absolute atomic E-state index is 5.70. The molecule has 0 bridgehead atoms. The van der Waals surface area contributed by atoms with E-state index in [9.17, 15) is 0 Å². The van der Waals surface area contributed by atoms with Gasteiger partial charge in [-0.25, -0.2) is 0 Å². The van der Waals surface area contributed by atoms with Gasteiger partial charge in [-0.15, -0.1) is 12.4 Å². The molecule has 2 rings (SSSR count). The molecule has 0 aliphatic carbocycles. The van der Waals surface area contributed by atoms with Crippen molar-refractivity contribution in [2.45, 2.75) is 39.5 Å². The van der Waals surface area contributed by atoms with Gasteiger partial charge in [0, 0.05) is 19.1 Å². The summed E-state index contributed by atoms with van der Waals surface area (Å²) >= 11 is 0. The molecule has 17 heavy (non-hydrogen) atoms. The van der Waals surface area contributed by atoms with Gasteiger partial charge in [-0.1, -0.05) is 0 Å². The molecule has 1 atom stereocenters. The first-order valence-corrected chi connectivity index (χ1v) is 5.65. The van der Waals surface area contributed by atoms with Crippen LogP contribution in [0.3, 0.4) is 0 Å². The number of nitrogens with one attached hydrogen (secondary N) is 2. The first kappa shape index (κ1) is 14.0. The van der Waals surface area contributed by atoms with Gasteiger partial charge in [-0.05, 0) is 20.8 Å². The molecule has 0 radical (unpaired) electrons. The summed E-state index contributed by atoms with van der Waals surface area (Å²) in [6.45, 7) is 7.70. The third kappa shape index (κ3) is 3.71. The topological polar surface area (TPSA) is 59.1 Å². The molecular weight excluding hydrogens is 240 g/mol. The van der Waals surface area contributed by atoms with E-state index in [4.69, 9.17) is 4.74 Å². The van der Waals surface area contributed by atoms with Gasteiger partial charge >= 0.3 is 0 Å². The maximum Gasteiger partial charge on any atom is 0.239 e. The highest BCUT2D eigenvalue weighted by Gasteiger charge is 2.16. The van der Waals surface area contributed by atoms with Gasteiger partial charge in [0.05, 0.1) is 6.20 Å². The summed E-state index contributed by atoms with van der Waals surface area (Å²) in [6.07, 6.45) is 1.88. The van der Waals surface area contributed by atoms with Gasteiger partial charge in [0.2, 0.25) is 5.88 Å². The quantitative estimate of drug-likeness (QED) is 0.844. The molecule has 1 aliphatic heterocycles. The lowest BCUT2D eigenvalue weighted by Crippen LogP contribution is -2.25. The van der Waals surface area contributed by atoms with Crippen molar-refractivity contribution >= 4 is 18.2 Å². The van der Waals surface area contributed by atoms with Gasteiger partial charge in [0.25, 0.3) is 0 Å². The third-order valence-electron chi connectivity index (χ3n) is 2.29. The first-order chi connectivity index (χ1) is 7.65. The smallest absolute Gasteiger partial charge is 0.239 e. The number of hydrogen-bond acceptors (Lipinski definition) is 5. The Morgan fingerprint density at radius 3 is 3.00 bits per heavy atom. The Balaban J connectivity index is 0.00000144. The fraction of sp³-hybridized carbons (Fsp3) is 0.636. The summed E-state index contributed by atoms with van der Waals surface area (Å²) in [5.41, 5.74) is 0.874. The minimum absolute atomic E-state index is 0. The van der Waals surface area contributed by atoms with Crippen LogP contribution in [0.25, 0.3) is 0 Å². The molecule has 1 unspecified atom stereocenters. The standard InChI is InChI=1S/C11H18N4O.ClH/c1-7(2)14-10-6-13-9-5-12-4-8(3)16-11(9)15-10;/h6-8,12H,4-5H2,1-3H3,(H,14,15);1H. The van der Waals surface area contributed by atoms with Crippen molar-refractivity contribution in [1.29, 1.82) is 0 Å². The van der Waals surface area contributed by atoms with Gasteiger partial charge in [-0.2, -0.15) is 4.98 Å². The molecule has 1 aromatic rings. The van der Waals surface area contributed by atoms with Crippen LogP contribution in [0.2, 0.25) is 0 Å². The highest BCUT2D eigenvalue weighted by Crippen LogP contribution is 2.19. The molecule has 0 fully saturated rings. The number of fused-ring (bicyclic) bond motifs is 1. The second-order valence-electron chi connectivity index (χ2n) is 4.37. The fourth-order valence-corrected chi connectivity index (χ4v) is 1.60. The number of hydrogen-bond donors (Lipinski definition) is 2. The van der Waals surface area contributed by atoms with Crippen LogP contribution >= 0.6 is 12.4 Å². The van der Waals surface area contributed by atoms with Crippen molar-refractivity contribution in [2.75, 3.05) is 11.9 Å². The SMILES string of the molecule is CC(C)Nc1cnc2c(n1)OC(C)CNC2.Cl. The molecule has 1 aliphatic rings. The van der Waals surface area contributed by atoms with Crippen LogP contribution in [0, 0.1) is 0 Å². The zero-order valence-corrected chi connectivity index (χ0v) is 11.2. The fourth-order valence-electron chi connectivity index (χ4n) is 1.60. The molecule has 0 spiro atoms. The van der Waals surface area contributed by atoms with E-state index in [-0.39, 0.29) is 18.5 Å². The molecule has 96 valence electrons. The summed E-state index contributed by atoms with van der Waals surface area (Å²) in [4.78, 5) is 8.78. The summed E-state index contributed by atoms with van der Waals surface area (Å²) in [6, 6.07) is 0.341. The summed E-state index contributed by atoms with van der Waals surface area (Å²) in [7, 11) is 0. The number of halogens is 1. The lowest BCUT2D eigenvalue weighted by Gasteiger charge is -2.13. The van der Waals surface area contributed by atoms with E-state index < -0.39 is 0 Å². The van der Waals surface area contributed by atoms with E-state index in [0.717, 1.165) is 18.1 Å². The van der Waals surface area contributed by atoms with Crippen LogP contribution < -0.4 is 15.4 Å². The Kier molecular flexibility index (Phi) is 4.96. The second-order valence-corrected chi connectivity index (χ2v) is 4.37. The predicted octanol–water partition coefficient (Wildman–Crippen LogP) is 1.59. The number of nitrogens with zero attached hydrogens (tertiary/aromatic N) is 2. The number of aromatic nitrogens is 2. The molecule has 0 amide bonds. The molecule has 1 aromatic heterocycles. The Hall–Kier alpha value is -1.07. The van der Waals surface area contributed by atoms with Crippen LogP contribution in [0.1, 0.15) is 26.5 Å². The lowest BCUT2D eigenvalue weighted by atomic mass is 10.4. The van der Waals surface area contributed by atoms with Crippen molar-refractivity contribution in [3.8, 4) is 5.88 Å². The Bertz CT molecular complexity index is 372. The van der Waals surface area contributed by atoms with Gasteiger partial charge < -0.3 is 15.4 Å². The predicted molar refractivity (Wildman–Crippen MR) is 69.8 cm³/mol. The van der Waals surface area contributed by atoms with Crippen molar-refractivity contribution in [3.05, 3.63) is 11.9 Å². The largest absolute Gasteiger partial charge is 0.472 e. The van der Waals surface area contributed by atoms with Crippen LogP contribution in [0.5, 0.6) is 5.88 Å². The van der Waals surface area contributed by atoms with E-state index in [2.05, 4.69) is 34.4 Å². The minimum Gasteiger partial charge on any atom is -0.472 e. The number of rotatable bonds is 2. The van der Waals surface area contributed by atoms with E-state index in [1.54, 1.807) is 6.20 Å². The second kappa shape index (κ2) is 6.02. The minimum atomic E-state index is 0. The van der Waals surface area contributed by atoms with E-state index in [1.165, 1.54) is 0 Å². The monoisotopic (exact) mass is 258 g/mol. The normalized spacial score (nSPS) is 18.7. The molecule has 2 N–H and O–H groups in total. The van der Waals surface area contributed by atoms with Gasteiger partial charge in [-0.3, -0.25) is 4.98 Å². The molecule has 6 heteroatoms. The highest BCUT2D eigenvalue weighted by molar-refractivity contribution is 5.85. The zero-order valence-electron chi connectivity index (χ0n) is 10.4. The molecular formula is C11H19ClN4O. The lowest BCUT2D eigenvalue weighted by molar-refractivity contribution is 0.217. The van der Waals surface area contributed by atoms with E-state index in [1.807, 2.05) is 6.92 Å². The third-order valence-corrected chi connectivity index (χ3v) is 2.29. The van der Waals surface area contributed by atoms with Crippen LogP contribution in [-0.2, 0) is 6.54 Å². The zero-order chi connectivity index (χ0) is 11.5. The molecule has 0 saturated carbocycles. The van der Waals surface area contributed by atoms with Gasteiger partial charge in [0.1, 0.15) is 17.6 Å². The van der Waals surface area contributed by atoms with Crippen molar-refractivity contribution < 1.29 is 4.74 Å². The average Bonchev–Trinajstić information content (AvgIpc) is 2.37. The number of ether oxygens (including phenoxy) is 1. The molecule has 2 heterocycles. The summed E-state index contributed by atoms with van der Waals surface area (Å²) in [5.74, 6) is 1.41. The molecule has 0 aromatic carbocycles. The van der Waals surface area contributed by atoms with Crippen LogP contribution in [-0.4, -0.2) is 28.7 Å². The van der Waals surface area contributed by atoms with Crippen molar-refractivity contribution in [3.63, 3.8) is 0 Å². The van der Waals surface area contributed by atoms with E-state index in [0.29, 0.717) is 18.5 Å². The van der Waals surface area contributed by atoms with Crippen molar-refractivity contribution in [1.82, 2.24) is 15.3 Å². The summed E-state index contributed by atoms with van der Waals surface area (Å²) < 4.78 is 5.70. The number of anilines is 1. The van der Waals surface area contributed by atoms with Crippen LogP contribution in [0.15, 0.2) is 6.20 Å². The van der Waals surface area contributed by atoms with Crippen molar-refractivity contribution in [2.24, 2.45) is 0 Å². The Morgan fingerprint density at radius 1 is 1.53 bits per heavy atom. The highest BCUT2D eigenvalue weighted by atomic mass is 35.5. The Morgan fingerprint density at radius 2 is 2.29 bits per heavy atom. The summed E-state index contributed by atoms with van der Waals surface area (Å²) in [5, 5.41) is 6.48.